The van der Waals surface area contributed by atoms with Crippen molar-refractivity contribution in [3.8, 4) is 11.3 Å². The molecule has 0 atom stereocenters. The Morgan fingerprint density at radius 1 is 1.14 bits per heavy atom. The summed E-state index contributed by atoms with van der Waals surface area (Å²) in [6, 6.07) is 10.2. The van der Waals surface area contributed by atoms with E-state index in [1.54, 1.807) is 11.3 Å². The minimum atomic E-state index is 0.751. The molecule has 0 fully saturated rings. The van der Waals surface area contributed by atoms with Gasteiger partial charge in [-0.25, -0.2) is 4.98 Å². The monoisotopic (exact) mass is 299 g/mol. The van der Waals surface area contributed by atoms with E-state index in [1.165, 1.54) is 0 Å². The summed E-state index contributed by atoms with van der Waals surface area (Å²) < 4.78 is 5.16. The SMILES string of the molecule is Cc1noc(C)c1CNCc1nc(-c2ccccc2)cs1. The van der Waals surface area contributed by atoms with Crippen molar-refractivity contribution in [2.75, 3.05) is 0 Å². The number of hydrogen-bond donors (Lipinski definition) is 1. The lowest BCUT2D eigenvalue weighted by Crippen LogP contribution is -2.13. The Balaban J connectivity index is 1.61. The minimum Gasteiger partial charge on any atom is -0.361 e. The van der Waals surface area contributed by atoms with Crippen molar-refractivity contribution in [2.45, 2.75) is 26.9 Å². The van der Waals surface area contributed by atoms with Gasteiger partial charge in [0.2, 0.25) is 0 Å². The Morgan fingerprint density at radius 2 is 1.95 bits per heavy atom. The molecule has 3 aromatic rings. The average Bonchev–Trinajstić information content (AvgIpc) is 3.10. The summed E-state index contributed by atoms with van der Waals surface area (Å²) in [6.45, 7) is 5.40. The van der Waals surface area contributed by atoms with Crippen LogP contribution in [0.1, 0.15) is 22.0 Å². The lowest BCUT2D eigenvalue weighted by atomic mass is 10.2. The fourth-order valence-corrected chi connectivity index (χ4v) is 2.96. The predicted molar refractivity (Wildman–Crippen MR) is 84.1 cm³/mol. The van der Waals surface area contributed by atoms with Crippen LogP contribution in [0, 0.1) is 13.8 Å². The van der Waals surface area contributed by atoms with E-state index in [9.17, 15) is 0 Å². The summed E-state index contributed by atoms with van der Waals surface area (Å²) in [4.78, 5) is 4.66. The number of nitrogens with zero attached hydrogens (tertiary/aromatic N) is 2. The number of rotatable bonds is 5. The first-order chi connectivity index (χ1) is 10.2. The third kappa shape index (κ3) is 3.20. The van der Waals surface area contributed by atoms with Crippen molar-refractivity contribution in [3.05, 3.63) is 57.7 Å². The zero-order valence-corrected chi connectivity index (χ0v) is 12.9. The van der Waals surface area contributed by atoms with Gasteiger partial charge in [0.05, 0.1) is 11.4 Å². The molecule has 0 unspecified atom stereocenters. The third-order valence-corrected chi connectivity index (χ3v) is 4.23. The Bertz CT molecular complexity index is 699. The molecule has 3 rings (SSSR count). The van der Waals surface area contributed by atoms with Gasteiger partial charge in [0.25, 0.3) is 0 Å². The van der Waals surface area contributed by atoms with E-state index in [2.05, 4.69) is 33.0 Å². The molecular formula is C16H17N3OS. The zero-order chi connectivity index (χ0) is 14.7. The second-order valence-electron chi connectivity index (χ2n) is 4.90. The van der Waals surface area contributed by atoms with Gasteiger partial charge in [-0.15, -0.1) is 11.3 Å². The van der Waals surface area contributed by atoms with Gasteiger partial charge in [-0.05, 0) is 13.8 Å². The van der Waals surface area contributed by atoms with Gasteiger partial charge in [0.1, 0.15) is 10.8 Å². The largest absolute Gasteiger partial charge is 0.361 e. The molecule has 2 heterocycles. The van der Waals surface area contributed by atoms with Crippen LogP contribution in [0.3, 0.4) is 0 Å². The Labute approximate surface area is 127 Å². The summed E-state index contributed by atoms with van der Waals surface area (Å²) >= 11 is 1.68. The summed E-state index contributed by atoms with van der Waals surface area (Å²) in [5.41, 5.74) is 4.28. The van der Waals surface area contributed by atoms with Crippen LogP contribution in [0.25, 0.3) is 11.3 Å². The van der Waals surface area contributed by atoms with E-state index in [0.29, 0.717) is 0 Å². The molecule has 1 aromatic carbocycles. The van der Waals surface area contributed by atoms with Crippen LogP contribution in [-0.2, 0) is 13.1 Å². The van der Waals surface area contributed by atoms with Gasteiger partial charge in [0, 0.05) is 29.6 Å². The third-order valence-electron chi connectivity index (χ3n) is 3.38. The first-order valence-corrected chi connectivity index (χ1v) is 7.74. The van der Waals surface area contributed by atoms with Crippen molar-refractivity contribution in [3.63, 3.8) is 0 Å². The van der Waals surface area contributed by atoms with Gasteiger partial charge in [-0.2, -0.15) is 0 Å². The van der Waals surface area contributed by atoms with Crippen molar-refractivity contribution in [1.82, 2.24) is 15.5 Å². The maximum Gasteiger partial charge on any atom is 0.138 e. The van der Waals surface area contributed by atoms with Gasteiger partial charge in [-0.1, -0.05) is 35.5 Å². The maximum absolute atomic E-state index is 5.16. The summed E-state index contributed by atoms with van der Waals surface area (Å²) in [7, 11) is 0. The number of hydrogen-bond acceptors (Lipinski definition) is 5. The van der Waals surface area contributed by atoms with Crippen LogP contribution < -0.4 is 5.32 Å². The van der Waals surface area contributed by atoms with Crippen LogP contribution in [0.5, 0.6) is 0 Å². The van der Waals surface area contributed by atoms with E-state index in [1.807, 2.05) is 32.0 Å². The first-order valence-electron chi connectivity index (χ1n) is 6.86. The zero-order valence-electron chi connectivity index (χ0n) is 12.1. The molecule has 0 amide bonds. The summed E-state index contributed by atoms with van der Waals surface area (Å²) in [5, 5.41) is 10.5. The van der Waals surface area contributed by atoms with Gasteiger partial charge < -0.3 is 9.84 Å². The Kier molecular flexibility index (Phi) is 4.13. The summed E-state index contributed by atoms with van der Waals surface area (Å²) in [5.74, 6) is 0.879. The maximum atomic E-state index is 5.16. The molecule has 0 spiro atoms. The number of thiazole rings is 1. The molecule has 2 aromatic heterocycles. The van der Waals surface area contributed by atoms with Crippen molar-refractivity contribution >= 4 is 11.3 Å². The second kappa shape index (κ2) is 6.20. The number of aryl methyl sites for hydroxylation is 2. The molecule has 4 nitrogen and oxygen atoms in total. The van der Waals surface area contributed by atoms with Crippen molar-refractivity contribution < 1.29 is 4.52 Å². The van der Waals surface area contributed by atoms with E-state index in [4.69, 9.17) is 4.52 Å². The molecule has 1 N–H and O–H groups in total. The lowest BCUT2D eigenvalue weighted by molar-refractivity contribution is 0.392. The van der Waals surface area contributed by atoms with Crippen LogP contribution in [0.2, 0.25) is 0 Å². The Hall–Kier alpha value is -1.98. The minimum absolute atomic E-state index is 0.751. The van der Waals surface area contributed by atoms with Crippen molar-refractivity contribution in [2.24, 2.45) is 0 Å². The van der Waals surface area contributed by atoms with Crippen LogP contribution in [0.15, 0.2) is 40.2 Å². The van der Waals surface area contributed by atoms with Gasteiger partial charge in [-0.3, -0.25) is 0 Å². The predicted octanol–water partition coefficient (Wildman–Crippen LogP) is 3.70. The van der Waals surface area contributed by atoms with E-state index >= 15 is 0 Å². The van der Waals surface area contributed by atoms with Crippen molar-refractivity contribution in [1.29, 1.82) is 0 Å². The molecule has 0 saturated carbocycles. The van der Waals surface area contributed by atoms with Crippen LogP contribution in [0.4, 0.5) is 0 Å². The molecule has 0 bridgehead atoms. The fourth-order valence-electron chi connectivity index (χ4n) is 2.18. The number of aromatic nitrogens is 2. The topological polar surface area (TPSA) is 51.0 Å². The van der Waals surface area contributed by atoms with Crippen LogP contribution >= 0.6 is 11.3 Å². The van der Waals surface area contributed by atoms with Gasteiger partial charge in [0.15, 0.2) is 0 Å². The van der Waals surface area contributed by atoms with E-state index < -0.39 is 0 Å². The average molecular weight is 299 g/mol. The standard InChI is InChI=1S/C16H17N3OS/c1-11-14(12(2)20-19-11)8-17-9-16-18-15(10-21-16)13-6-4-3-5-7-13/h3-7,10,17H,8-9H2,1-2H3. The second-order valence-corrected chi connectivity index (χ2v) is 5.84. The molecule has 0 radical (unpaired) electrons. The molecule has 0 aliphatic carbocycles. The Morgan fingerprint density at radius 3 is 2.67 bits per heavy atom. The molecule has 108 valence electrons. The highest BCUT2D eigenvalue weighted by atomic mass is 32.1. The first kappa shape index (κ1) is 14.0. The highest BCUT2D eigenvalue weighted by Gasteiger charge is 2.09. The van der Waals surface area contributed by atoms with Crippen LogP contribution in [-0.4, -0.2) is 10.1 Å². The molecule has 21 heavy (non-hydrogen) atoms. The molecule has 0 aliphatic heterocycles. The molecule has 0 aliphatic rings. The fraction of sp³-hybridized carbons (Fsp3) is 0.250. The van der Waals surface area contributed by atoms with E-state index in [0.717, 1.165) is 46.4 Å². The highest BCUT2D eigenvalue weighted by Crippen LogP contribution is 2.21. The highest BCUT2D eigenvalue weighted by molar-refractivity contribution is 7.09. The van der Waals surface area contributed by atoms with Gasteiger partial charge >= 0.3 is 0 Å². The quantitative estimate of drug-likeness (QED) is 0.780. The lowest BCUT2D eigenvalue weighted by Gasteiger charge is -2.01. The normalized spacial score (nSPS) is 11.0. The molecule has 5 heteroatoms. The molecule has 0 saturated heterocycles. The smallest absolute Gasteiger partial charge is 0.138 e. The number of nitrogens with one attached hydrogen (secondary N) is 1. The van der Waals surface area contributed by atoms with E-state index in [-0.39, 0.29) is 0 Å². The number of benzene rings is 1. The summed E-state index contributed by atoms with van der Waals surface area (Å²) in [6.07, 6.45) is 0. The molecular weight excluding hydrogens is 282 g/mol.